The van der Waals surface area contributed by atoms with E-state index in [-0.39, 0.29) is 0 Å². The number of aromatic nitrogens is 2. The number of aryl methyl sites for hydroxylation is 1. The monoisotopic (exact) mass is 140 g/mol. The Morgan fingerprint density at radius 1 is 1.56 bits per heavy atom. The van der Waals surface area contributed by atoms with Crippen molar-refractivity contribution in [2.24, 2.45) is 0 Å². The third-order valence-corrected chi connectivity index (χ3v) is 1.35. The fourth-order valence-electron chi connectivity index (χ4n) is 0.596. The average molecular weight is 140 g/mol. The summed E-state index contributed by atoms with van der Waals surface area (Å²) in [4.78, 5) is 7.91. The quantitative estimate of drug-likeness (QED) is 0.593. The van der Waals surface area contributed by atoms with E-state index in [0.29, 0.717) is 5.75 Å². The zero-order chi connectivity index (χ0) is 6.69. The molecule has 0 spiro atoms. The molecule has 0 saturated carbocycles. The lowest BCUT2D eigenvalue weighted by Gasteiger charge is -1.93. The highest BCUT2D eigenvalue weighted by Gasteiger charge is 1.89. The summed E-state index contributed by atoms with van der Waals surface area (Å²) in [5, 5.41) is 0. The van der Waals surface area contributed by atoms with Crippen molar-refractivity contribution in [1.82, 2.24) is 9.97 Å². The number of hydrogen-bond acceptors (Lipinski definition) is 3. The summed E-state index contributed by atoms with van der Waals surface area (Å²) in [7, 11) is 0. The van der Waals surface area contributed by atoms with Gasteiger partial charge in [0.1, 0.15) is 6.33 Å². The van der Waals surface area contributed by atoms with Gasteiger partial charge in [-0.3, -0.25) is 0 Å². The van der Waals surface area contributed by atoms with Crippen LogP contribution in [-0.2, 0) is 5.75 Å². The third kappa shape index (κ3) is 1.68. The lowest BCUT2D eigenvalue weighted by atomic mass is 10.4. The van der Waals surface area contributed by atoms with E-state index in [1.54, 1.807) is 6.33 Å². The van der Waals surface area contributed by atoms with Crippen LogP contribution in [-0.4, -0.2) is 9.97 Å². The third-order valence-electron chi connectivity index (χ3n) is 1.02. The summed E-state index contributed by atoms with van der Waals surface area (Å²) in [6.07, 6.45) is 1.56. The molecule has 0 atom stereocenters. The van der Waals surface area contributed by atoms with Crippen molar-refractivity contribution in [3.8, 4) is 0 Å². The van der Waals surface area contributed by atoms with Gasteiger partial charge in [-0.2, -0.15) is 12.6 Å². The van der Waals surface area contributed by atoms with Gasteiger partial charge < -0.3 is 0 Å². The SMILES string of the molecule is Cc1cc(CS)ncn1. The first-order chi connectivity index (χ1) is 4.33. The van der Waals surface area contributed by atoms with Gasteiger partial charge in [-0.15, -0.1) is 0 Å². The largest absolute Gasteiger partial charge is 0.242 e. The average Bonchev–Trinajstić information content (AvgIpc) is 1.88. The van der Waals surface area contributed by atoms with Crippen LogP contribution in [0, 0.1) is 6.92 Å². The maximum absolute atomic E-state index is 4.07. The van der Waals surface area contributed by atoms with Crippen LogP contribution in [0.15, 0.2) is 12.4 Å². The molecule has 0 aromatic carbocycles. The first-order valence-corrected chi connectivity index (χ1v) is 3.34. The van der Waals surface area contributed by atoms with Crippen molar-refractivity contribution in [2.45, 2.75) is 12.7 Å². The van der Waals surface area contributed by atoms with E-state index in [0.717, 1.165) is 11.4 Å². The number of nitrogens with zero attached hydrogens (tertiary/aromatic N) is 2. The summed E-state index contributed by atoms with van der Waals surface area (Å²) in [6.45, 7) is 1.94. The van der Waals surface area contributed by atoms with Crippen molar-refractivity contribution in [2.75, 3.05) is 0 Å². The van der Waals surface area contributed by atoms with Crippen LogP contribution >= 0.6 is 12.6 Å². The Kier molecular flexibility index (Phi) is 2.05. The molecular formula is C6H8N2S. The molecule has 0 aliphatic heterocycles. The molecule has 3 heteroatoms. The van der Waals surface area contributed by atoms with E-state index in [9.17, 15) is 0 Å². The Labute approximate surface area is 59.8 Å². The molecule has 2 nitrogen and oxygen atoms in total. The Morgan fingerprint density at radius 2 is 2.33 bits per heavy atom. The Bertz CT molecular complexity index is 200. The van der Waals surface area contributed by atoms with E-state index in [1.807, 2.05) is 13.0 Å². The zero-order valence-electron chi connectivity index (χ0n) is 5.20. The van der Waals surface area contributed by atoms with Crippen LogP contribution < -0.4 is 0 Å². The van der Waals surface area contributed by atoms with Crippen molar-refractivity contribution in [1.29, 1.82) is 0 Å². The molecule has 0 radical (unpaired) electrons. The van der Waals surface area contributed by atoms with Gasteiger partial charge in [-0.05, 0) is 13.0 Å². The fourth-order valence-corrected chi connectivity index (χ4v) is 0.769. The Morgan fingerprint density at radius 3 is 2.78 bits per heavy atom. The first-order valence-electron chi connectivity index (χ1n) is 2.71. The summed E-state index contributed by atoms with van der Waals surface area (Å²) in [6, 6.07) is 1.92. The molecule has 48 valence electrons. The minimum Gasteiger partial charge on any atom is -0.242 e. The normalized spacial score (nSPS) is 9.56. The topological polar surface area (TPSA) is 25.8 Å². The van der Waals surface area contributed by atoms with Gasteiger partial charge in [0.15, 0.2) is 0 Å². The van der Waals surface area contributed by atoms with Gasteiger partial charge in [0.05, 0.1) is 5.69 Å². The second-order valence-corrected chi connectivity index (χ2v) is 2.13. The van der Waals surface area contributed by atoms with Crippen molar-refractivity contribution >= 4 is 12.6 Å². The highest BCUT2D eigenvalue weighted by atomic mass is 32.1. The summed E-state index contributed by atoms with van der Waals surface area (Å²) < 4.78 is 0. The minimum atomic E-state index is 0.684. The summed E-state index contributed by atoms with van der Waals surface area (Å²) in [5.41, 5.74) is 1.97. The van der Waals surface area contributed by atoms with E-state index in [4.69, 9.17) is 0 Å². The van der Waals surface area contributed by atoms with Gasteiger partial charge in [-0.1, -0.05) is 0 Å². The molecule has 1 aromatic heterocycles. The molecular weight excluding hydrogens is 132 g/mol. The lowest BCUT2D eigenvalue weighted by molar-refractivity contribution is 1.04. The molecule has 0 bridgehead atoms. The molecule has 0 aliphatic rings. The predicted octanol–water partition coefficient (Wildman–Crippen LogP) is 1.21. The standard InChI is InChI=1S/C6H8N2S/c1-5-2-6(3-9)8-4-7-5/h2,4,9H,3H2,1H3. The van der Waals surface area contributed by atoms with Crippen molar-refractivity contribution in [3.63, 3.8) is 0 Å². The number of rotatable bonds is 1. The second-order valence-electron chi connectivity index (χ2n) is 1.81. The van der Waals surface area contributed by atoms with Crippen LogP contribution in [0.1, 0.15) is 11.4 Å². The van der Waals surface area contributed by atoms with Crippen LogP contribution in [0.5, 0.6) is 0 Å². The first kappa shape index (κ1) is 6.55. The zero-order valence-corrected chi connectivity index (χ0v) is 6.10. The van der Waals surface area contributed by atoms with Crippen LogP contribution in [0.2, 0.25) is 0 Å². The minimum absolute atomic E-state index is 0.684. The molecule has 9 heavy (non-hydrogen) atoms. The van der Waals surface area contributed by atoms with Gasteiger partial charge in [0, 0.05) is 11.4 Å². The van der Waals surface area contributed by atoms with E-state index >= 15 is 0 Å². The van der Waals surface area contributed by atoms with Crippen molar-refractivity contribution < 1.29 is 0 Å². The smallest absolute Gasteiger partial charge is 0.115 e. The Hall–Kier alpha value is -0.570. The molecule has 1 rings (SSSR count). The predicted molar refractivity (Wildman–Crippen MR) is 39.5 cm³/mol. The maximum atomic E-state index is 4.07. The lowest BCUT2D eigenvalue weighted by Crippen LogP contribution is -1.88. The highest BCUT2D eigenvalue weighted by molar-refractivity contribution is 7.79. The fraction of sp³-hybridized carbons (Fsp3) is 0.333. The molecule has 0 aliphatic carbocycles. The molecule has 1 heterocycles. The molecule has 0 N–H and O–H groups in total. The Balaban J connectivity index is 2.94. The molecule has 0 unspecified atom stereocenters. The van der Waals surface area contributed by atoms with Gasteiger partial charge >= 0.3 is 0 Å². The van der Waals surface area contributed by atoms with Gasteiger partial charge in [0.25, 0.3) is 0 Å². The van der Waals surface area contributed by atoms with E-state index in [2.05, 4.69) is 22.6 Å². The van der Waals surface area contributed by atoms with E-state index < -0.39 is 0 Å². The summed E-state index contributed by atoms with van der Waals surface area (Å²) in [5.74, 6) is 0.684. The molecule has 0 saturated heterocycles. The highest BCUT2D eigenvalue weighted by Crippen LogP contribution is 1.98. The van der Waals surface area contributed by atoms with Crippen LogP contribution in [0.25, 0.3) is 0 Å². The number of thiol groups is 1. The van der Waals surface area contributed by atoms with Gasteiger partial charge in [-0.25, -0.2) is 9.97 Å². The van der Waals surface area contributed by atoms with Crippen molar-refractivity contribution in [3.05, 3.63) is 23.8 Å². The molecule has 0 fully saturated rings. The van der Waals surface area contributed by atoms with Gasteiger partial charge in [0.2, 0.25) is 0 Å². The van der Waals surface area contributed by atoms with E-state index in [1.165, 1.54) is 0 Å². The second kappa shape index (κ2) is 2.82. The molecule has 0 amide bonds. The summed E-state index contributed by atoms with van der Waals surface area (Å²) >= 11 is 4.07. The number of hydrogen-bond donors (Lipinski definition) is 1. The van der Waals surface area contributed by atoms with Crippen LogP contribution in [0.4, 0.5) is 0 Å². The van der Waals surface area contributed by atoms with Crippen LogP contribution in [0.3, 0.4) is 0 Å². The maximum Gasteiger partial charge on any atom is 0.115 e. The molecule has 1 aromatic rings.